The van der Waals surface area contributed by atoms with Gasteiger partial charge in [-0.2, -0.15) is 0 Å². The van der Waals surface area contributed by atoms with Crippen LogP contribution >= 0.6 is 11.6 Å². The lowest BCUT2D eigenvalue weighted by Gasteiger charge is -2.06. The predicted octanol–water partition coefficient (Wildman–Crippen LogP) is 1.88. The molecule has 0 amide bonds. The molecule has 0 aliphatic carbocycles. The number of alkyl halides is 1. The molecule has 0 aromatic carbocycles. The van der Waals surface area contributed by atoms with E-state index in [0.29, 0.717) is 6.61 Å². The maximum Gasteiger partial charge on any atom is 0.0630 e. The first-order valence-corrected chi connectivity index (χ1v) is 4.29. The lowest BCUT2D eigenvalue weighted by Crippen LogP contribution is -2.11. The molecule has 0 fully saturated rings. The summed E-state index contributed by atoms with van der Waals surface area (Å²) in [5.41, 5.74) is 1.01. The van der Waals surface area contributed by atoms with Gasteiger partial charge in [0, 0.05) is 25.4 Å². The average Bonchev–Trinajstić information content (AvgIpc) is 2.06. The normalized spacial score (nSPS) is 12.8. The predicted molar refractivity (Wildman–Crippen MR) is 49.5 cm³/mol. The summed E-state index contributed by atoms with van der Waals surface area (Å²) in [6.07, 6.45) is 2.53. The minimum atomic E-state index is 0.0184. The maximum atomic E-state index is 5.95. The lowest BCUT2D eigenvalue weighted by atomic mass is 10.2. The van der Waals surface area contributed by atoms with Crippen LogP contribution in [0.5, 0.6) is 0 Å². The first-order chi connectivity index (χ1) is 5.83. The number of pyridine rings is 1. The van der Waals surface area contributed by atoms with Crippen molar-refractivity contribution in [2.24, 2.45) is 0 Å². The van der Waals surface area contributed by atoms with Crippen molar-refractivity contribution in [2.45, 2.75) is 11.8 Å². The summed E-state index contributed by atoms with van der Waals surface area (Å²) < 4.78 is 4.92. The maximum absolute atomic E-state index is 5.95. The van der Waals surface area contributed by atoms with Crippen molar-refractivity contribution in [3.8, 4) is 0 Å². The Labute approximate surface area is 77.5 Å². The summed E-state index contributed by atoms with van der Waals surface area (Å²) >= 11 is 5.95. The number of nitrogens with zero attached hydrogens (tertiary/aromatic N) is 1. The van der Waals surface area contributed by atoms with Crippen molar-refractivity contribution in [1.29, 1.82) is 0 Å². The molecule has 0 saturated carbocycles. The number of halogens is 1. The Hall–Kier alpha value is -0.600. The number of methoxy groups -OCH3 is 1. The van der Waals surface area contributed by atoms with Crippen LogP contribution in [-0.4, -0.2) is 24.1 Å². The summed E-state index contributed by atoms with van der Waals surface area (Å²) in [6, 6.07) is 5.81. The summed E-state index contributed by atoms with van der Waals surface area (Å²) in [4.78, 5) is 4.16. The smallest absolute Gasteiger partial charge is 0.0630 e. The van der Waals surface area contributed by atoms with Crippen LogP contribution in [0.25, 0.3) is 0 Å². The number of hydrogen-bond acceptors (Lipinski definition) is 2. The number of hydrogen-bond donors (Lipinski definition) is 0. The second-order valence-corrected chi connectivity index (χ2v) is 3.20. The molecule has 1 unspecified atom stereocenters. The molecule has 0 bridgehead atoms. The Bertz CT molecular complexity index is 215. The fraction of sp³-hybridized carbons (Fsp3) is 0.444. The van der Waals surface area contributed by atoms with E-state index in [1.54, 1.807) is 13.3 Å². The van der Waals surface area contributed by atoms with Gasteiger partial charge in [0.1, 0.15) is 0 Å². The van der Waals surface area contributed by atoms with Crippen molar-refractivity contribution in [3.63, 3.8) is 0 Å². The van der Waals surface area contributed by atoms with Gasteiger partial charge in [0.25, 0.3) is 0 Å². The van der Waals surface area contributed by atoms with E-state index in [4.69, 9.17) is 16.3 Å². The second kappa shape index (κ2) is 5.12. The molecule has 0 radical (unpaired) electrons. The Morgan fingerprint density at radius 1 is 1.58 bits per heavy atom. The quantitative estimate of drug-likeness (QED) is 0.669. The largest absolute Gasteiger partial charge is 0.383 e. The minimum absolute atomic E-state index is 0.0184. The van der Waals surface area contributed by atoms with Gasteiger partial charge < -0.3 is 4.74 Å². The van der Waals surface area contributed by atoms with Crippen LogP contribution in [0.15, 0.2) is 24.4 Å². The molecule has 0 spiro atoms. The van der Waals surface area contributed by atoms with Crippen LogP contribution in [0.2, 0.25) is 0 Å². The van der Waals surface area contributed by atoms with Gasteiger partial charge in [-0.3, -0.25) is 4.98 Å². The van der Waals surface area contributed by atoms with E-state index in [1.165, 1.54) is 0 Å². The van der Waals surface area contributed by atoms with E-state index < -0.39 is 0 Å². The molecular formula is C9H12ClNO. The molecule has 1 rings (SSSR count). The fourth-order valence-electron chi connectivity index (χ4n) is 0.986. The summed E-state index contributed by atoms with van der Waals surface area (Å²) in [5, 5.41) is 0.0184. The molecular weight excluding hydrogens is 174 g/mol. The first-order valence-electron chi connectivity index (χ1n) is 3.86. The highest BCUT2D eigenvalue weighted by Crippen LogP contribution is 2.05. The van der Waals surface area contributed by atoms with Gasteiger partial charge in [-0.15, -0.1) is 11.6 Å². The zero-order valence-corrected chi connectivity index (χ0v) is 7.79. The van der Waals surface area contributed by atoms with E-state index in [1.807, 2.05) is 18.2 Å². The third-order valence-corrected chi connectivity index (χ3v) is 1.78. The van der Waals surface area contributed by atoms with Crippen LogP contribution in [-0.2, 0) is 11.2 Å². The molecule has 1 atom stereocenters. The Morgan fingerprint density at radius 3 is 3.00 bits per heavy atom. The average molecular weight is 186 g/mol. The van der Waals surface area contributed by atoms with Crippen LogP contribution in [0, 0.1) is 0 Å². The van der Waals surface area contributed by atoms with Gasteiger partial charge in [0.2, 0.25) is 0 Å². The van der Waals surface area contributed by atoms with Gasteiger partial charge in [0.15, 0.2) is 0 Å². The van der Waals surface area contributed by atoms with E-state index in [-0.39, 0.29) is 5.38 Å². The number of aromatic nitrogens is 1. The zero-order chi connectivity index (χ0) is 8.81. The standard InChI is InChI=1S/C9H12ClNO/c1-12-7-8(10)6-9-4-2-3-5-11-9/h2-5,8H,6-7H2,1H3. The Morgan fingerprint density at radius 2 is 2.42 bits per heavy atom. The van der Waals surface area contributed by atoms with Crippen LogP contribution in [0.1, 0.15) is 5.69 Å². The molecule has 12 heavy (non-hydrogen) atoms. The van der Waals surface area contributed by atoms with Gasteiger partial charge in [-0.1, -0.05) is 6.07 Å². The van der Waals surface area contributed by atoms with Crippen molar-refractivity contribution in [2.75, 3.05) is 13.7 Å². The SMILES string of the molecule is COCC(Cl)Cc1ccccn1. The van der Waals surface area contributed by atoms with Gasteiger partial charge in [0.05, 0.1) is 12.0 Å². The molecule has 0 aliphatic heterocycles. The molecule has 2 nitrogen and oxygen atoms in total. The highest BCUT2D eigenvalue weighted by atomic mass is 35.5. The fourth-order valence-corrected chi connectivity index (χ4v) is 1.27. The van der Waals surface area contributed by atoms with Gasteiger partial charge in [-0.25, -0.2) is 0 Å². The van der Waals surface area contributed by atoms with Gasteiger partial charge >= 0.3 is 0 Å². The van der Waals surface area contributed by atoms with Crippen molar-refractivity contribution < 1.29 is 4.74 Å². The summed E-state index contributed by atoms with van der Waals surface area (Å²) in [7, 11) is 1.65. The minimum Gasteiger partial charge on any atom is -0.383 e. The van der Waals surface area contributed by atoms with Crippen molar-refractivity contribution in [3.05, 3.63) is 30.1 Å². The monoisotopic (exact) mass is 185 g/mol. The van der Waals surface area contributed by atoms with E-state index >= 15 is 0 Å². The van der Waals surface area contributed by atoms with Crippen molar-refractivity contribution in [1.82, 2.24) is 4.98 Å². The summed E-state index contributed by atoms with van der Waals surface area (Å²) in [6.45, 7) is 0.568. The Kier molecular flexibility index (Phi) is 4.05. The molecule has 1 aromatic rings. The van der Waals surface area contributed by atoms with Gasteiger partial charge in [-0.05, 0) is 12.1 Å². The number of rotatable bonds is 4. The highest BCUT2D eigenvalue weighted by molar-refractivity contribution is 6.20. The third-order valence-electron chi connectivity index (χ3n) is 1.50. The molecule has 0 aliphatic rings. The lowest BCUT2D eigenvalue weighted by molar-refractivity contribution is 0.197. The van der Waals surface area contributed by atoms with Crippen LogP contribution < -0.4 is 0 Å². The van der Waals surface area contributed by atoms with Crippen LogP contribution in [0.4, 0.5) is 0 Å². The molecule has 1 aromatic heterocycles. The van der Waals surface area contributed by atoms with E-state index in [2.05, 4.69) is 4.98 Å². The third kappa shape index (κ3) is 3.20. The molecule has 0 N–H and O–H groups in total. The van der Waals surface area contributed by atoms with E-state index in [0.717, 1.165) is 12.1 Å². The van der Waals surface area contributed by atoms with E-state index in [9.17, 15) is 0 Å². The molecule has 0 saturated heterocycles. The first kappa shape index (κ1) is 9.49. The molecule has 3 heteroatoms. The topological polar surface area (TPSA) is 22.1 Å². The second-order valence-electron chi connectivity index (χ2n) is 2.58. The highest BCUT2D eigenvalue weighted by Gasteiger charge is 2.04. The molecule has 1 heterocycles. The molecule has 66 valence electrons. The summed E-state index contributed by atoms with van der Waals surface area (Å²) in [5.74, 6) is 0. The van der Waals surface area contributed by atoms with Crippen molar-refractivity contribution >= 4 is 11.6 Å². The Balaban J connectivity index is 2.41. The van der Waals surface area contributed by atoms with Crippen LogP contribution in [0.3, 0.4) is 0 Å². The zero-order valence-electron chi connectivity index (χ0n) is 7.03. The number of ether oxygens (including phenoxy) is 1.